The van der Waals surface area contributed by atoms with Crippen LogP contribution in [0.4, 0.5) is 0 Å². The Hall–Kier alpha value is -1.83. The lowest BCUT2D eigenvalue weighted by Gasteiger charge is -2.52. The minimum absolute atomic E-state index is 0.189. The van der Waals surface area contributed by atoms with E-state index in [1.807, 2.05) is 0 Å². The van der Waals surface area contributed by atoms with Gasteiger partial charge in [0.25, 0.3) is 11.8 Å². The topological polar surface area (TPSA) is 140 Å². The number of Topliss-reactive ketones (excluding diaryl/α,β-unsaturated/α-hetero) is 1. The monoisotopic (exact) mass is 544 g/mol. The van der Waals surface area contributed by atoms with Gasteiger partial charge in [-0.2, -0.15) is 0 Å². The van der Waals surface area contributed by atoms with Gasteiger partial charge in [-0.25, -0.2) is 0 Å². The SMILES string of the molecule is CS[C@]1(CO)C(=O)N2[C@@H]3C[C@@]4(O[C@H](C)C(C)(C)C4=O)[C@@H](OC(C)=O)[C@]3(OC(C)=O)C[C@@]2(S)C(=O)N1C. The van der Waals surface area contributed by atoms with Crippen LogP contribution in [0.2, 0.25) is 0 Å². The average Bonchev–Trinajstić information content (AvgIpc) is 3.23. The van der Waals surface area contributed by atoms with Crippen molar-refractivity contribution in [3.63, 3.8) is 0 Å². The van der Waals surface area contributed by atoms with Crippen LogP contribution in [0.1, 0.15) is 47.5 Å². The molecule has 3 aliphatic heterocycles. The minimum atomic E-state index is -1.80. The van der Waals surface area contributed by atoms with Crippen molar-refractivity contribution in [2.24, 2.45) is 5.41 Å². The summed E-state index contributed by atoms with van der Waals surface area (Å²) in [5.41, 5.74) is -4.49. The number of piperazine rings is 1. The number of ether oxygens (including phenoxy) is 3. The number of hydrogen-bond donors (Lipinski definition) is 2. The molecule has 4 rings (SSSR count). The van der Waals surface area contributed by atoms with Gasteiger partial charge in [-0.15, -0.1) is 24.4 Å². The fraction of sp³-hybridized carbons (Fsp3) is 0.783. The number of nitrogens with zero attached hydrogens (tertiary/aromatic N) is 2. The number of thioether (sulfide) groups is 1. The molecule has 11 nitrogen and oxygen atoms in total. The predicted molar refractivity (Wildman–Crippen MR) is 130 cm³/mol. The predicted octanol–water partition coefficient (Wildman–Crippen LogP) is 0.127. The van der Waals surface area contributed by atoms with Gasteiger partial charge in [0.15, 0.2) is 32.8 Å². The molecule has 7 atom stereocenters. The Balaban J connectivity index is 1.98. The molecule has 1 aliphatic carbocycles. The van der Waals surface area contributed by atoms with Gasteiger partial charge in [-0.3, -0.25) is 24.0 Å². The summed E-state index contributed by atoms with van der Waals surface area (Å²) in [5.74, 6) is -3.09. The van der Waals surface area contributed by atoms with E-state index < -0.39 is 75.0 Å². The number of amides is 2. The molecule has 0 aromatic rings. The van der Waals surface area contributed by atoms with Gasteiger partial charge in [-0.1, -0.05) is 13.8 Å². The number of carbonyl (C=O) groups is 5. The molecule has 13 heteroatoms. The van der Waals surface area contributed by atoms with Gasteiger partial charge in [0, 0.05) is 33.7 Å². The Bertz CT molecular complexity index is 1060. The van der Waals surface area contributed by atoms with Gasteiger partial charge >= 0.3 is 11.9 Å². The maximum atomic E-state index is 14.1. The molecule has 3 heterocycles. The molecule has 0 aromatic carbocycles. The van der Waals surface area contributed by atoms with Gasteiger partial charge in [0.05, 0.1) is 24.2 Å². The molecule has 4 fully saturated rings. The van der Waals surface area contributed by atoms with Crippen molar-refractivity contribution in [2.75, 3.05) is 19.9 Å². The van der Waals surface area contributed by atoms with Crippen LogP contribution >= 0.6 is 24.4 Å². The van der Waals surface area contributed by atoms with E-state index in [-0.39, 0.29) is 18.6 Å². The van der Waals surface area contributed by atoms with E-state index in [2.05, 4.69) is 12.6 Å². The summed E-state index contributed by atoms with van der Waals surface area (Å²) in [6.45, 7) is 6.78. The lowest BCUT2D eigenvalue weighted by atomic mass is 9.76. The Morgan fingerprint density at radius 1 is 1.19 bits per heavy atom. The highest BCUT2D eigenvalue weighted by Gasteiger charge is 2.83. The van der Waals surface area contributed by atoms with Crippen molar-refractivity contribution in [1.82, 2.24) is 9.80 Å². The van der Waals surface area contributed by atoms with Crippen LogP contribution in [0.25, 0.3) is 0 Å². The number of ketones is 1. The molecule has 3 saturated heterocycles. The summed E-state index contributed by atoms with van der Waals surface area (Å²) in [6, 6.07) is -1.10. The first-order valence-corrected chi connectivity index (χ1v) is 13.3. The maximum Gasteiger partial charge on any atom is 0.303 e. The largest absolute Gasteiger partial charge is 0.455 e. The van der Waals surface area contributed by atoms with E-state index in [4.69, 9.17) is 14.2 Å². The van der Waals surface area contributed by atoms with Crippen LogP contribution in [-0.2, 0) is 38.2 Å². The summed E-state index contributed by atoms with van der Waals surface area (Å²) in [6.07, 6.45) is -0.963. The van der Waals surface area contributed by atoms with Crippen LogP contribution in [0.3, 0.4) is 0 Å². The third-order valence-electron chi connectivity index (χ3n) is 8.45. The maximum absolute atomic E-state index is 14.1. The van der Waals surface area contributed by atoms with Crippen molar-refractivity contribution in [1.29, 1.82) is 0 Å². The van der Waals surface area contributed by atoms with Crippen molar-refractivity contribution < 1.29 is 43.3 Å². The third kappa shape index (κ3) is 3.05. The average molecular weight is 545 g/mol. The highest BCUT2D eigenvalue weighted by Crippen LogP contribution is 2.63. The van der Waals surface area contributed by atoms with Crippen LogP contribution in [-0.4, -0.2) is 104 Å². The second-order valence-electron chi connectivity index (χ2n) is 10.6. The van der Waals surface area contributed by atoms with Gasteiger partial charge < -0.3 is 29.1 Å². The number of rotatable bonds is 4. The van der Waals surface area contributed by atoms with Crippen molar-refractivity contribution in [3.8, 4) is 0 Å². The minimum Gasteiger partial charge on any atom is -0.455 e. The van der Waals surface area contributed by atoms with E-state index in [1.165, 1.54) is 11.9 Å². The zero-order valence-electron chi connectivity index (χ0n) is 21.3. The molecule has 2 amide bonds. The van der Waals surface area contributed by atoms with E-state index in [1.54, 1.807) is 27.0 Å². The number of fused-ring (bicyclic) bond motifs is 3. The van der Waals surface area contributed by atoms with Gasteiger partial charge in [0.1, 0.15) is 0 Å². The molecule has 0 radical (unpaired) electrons. The zero-order chi connectivity index (χ0) is 27.2. The number of thiol groups is 1. The summed E-state index contributed by atoms with van der Waals surface area (Å²) < 4.78 is 17.9. The summed E-state index contributed by atoms with van der Waals surface area (Å²) in [5, 5.41) is 10.3. The second kappa shape index (κ2) is 8.08. The van der Waals surface area contributed by atoms with Crippen LogP contribution in [0.15, 0.2) is 0 Å². The summed E-state index contributed by atoms with van der Waals surface area (Å²) in [4.78, 5) is 65.4. The van der Waals surface area contributed by atoms with Crippen molar-refractivity contribution >= 4 is 53.9 Å². The zero-order valence-corrected chi connectivity index (χ0v) is 23.0. The summed E-state index contributed by atoms with van der Waals surface area (Å²) in [7, 11) is 1.40. The molecule has 1 N–H and O–H groups in total. The van der Waals surface area contributed by atoms with E-state index in [0.717, 1.165) is 30.5 Å². The van der Waals surface area contributed by atoms with Gasteiger partial charge in [0.2, 0.25) is 0 Å². The molecule has 0 bridgehead atoms. The first-order chi connectivity index (χ1) is 16.5. The molecular weight excluding hydrogens is 512 g/mol. The normalized spacial score (nSPS) is 43.1. The number of carbonyl (C=O) groups excluding carboxylic acids is 5. The standard InChI is InChI=1S/C23H32N2O9S2/c1-11-19(4,5)15(29)20(33-11)8-14-21(34-13(3)28,16(20)32-12(2)27)9-22(35)17(30)24(6)23(10-26,36-7)18(31)25(14)22/h11,14,16,26,35H,8-10H2,1-7H3/t11-,14-,16-,20+,21+,22-,23-/m1/s1. The molecular formula is C23H32N2O9S2. The molecule has 1 saturated carbocycles. The fourth-order valence-corrected chi connectivity index (χ4v) is 7.84. The molecule has 0 aromatic heterocycles. The lowest BCUT2D eigenvalue weighted by Crippen LogP contribution is -2.73. The van der Waals surface area contributed by atoms with Gasteiger partial charge in [-0.05, 0) is 13.2 Å². The molecule has 36 heavy (non-hydrogen) atoms. The van der Waals surface area contributed by atoms with Crippen molar-refractivity contribution in [3.05, 3.63) is 0 Å². The Labute approximate surface area is 218 Å². The smallest absolute Gasteiger partial charge is 0.303 e. The highest BCUT2D eigenvalue weighted by molar-refractivity contribution is 8.00. The number of aliphatic hydroxyl groups is 1. The van der Waals surface area contributed by atoms with E-state index in [9.17, 15) is 29.1 Å². The third-order valence-corrected chi connectivity index (χ3v) is 10.3. The van der Waals surface area contributed by atoms with E-state index in [0.29, 0.717) is 0 Å². The number of aliphatic hydroxyl groups excluding tert-OH is 1. The quantitative estimate of drug-likeness (QED) is 0.371. The Morgan fingerprint density at radius 2 is 1.81 bits per heavy atom. The number of hydrogen-bond acceptors (Lipinski definition) is 11. The van der Waals surface area contributed by atoms with Crippen LogP contribution < -0.4 is 0 Å². The highest BCUT2D eigenvalue weighted by atomic mass is 32.2. The molecule has 1 spiro atoms. The first-order valence-electron chi connectivity index (χ1n) is 11.6. The van der Waals surface area contributed by atoms with Crippen LogP contribution in [0, 0.1) is 5.41 Å². The van der Waals surface area contributed by atoms with Crippen molar-refractivity contribution in [2.45, 2.75) is 86.7 Å². The lowest BCUT2D eigenvalue weighted by molar-refractivity contribution is -0.202. The first kappa shape index (κ1) is 27.2. The fourth-order valence-electron chi connectivity index (χ4n) is 6.45. The van der Waals surface area contributed by atoms with Crippen LogP contribution in [0.5, 0.6) is 0 Å². The summed E-state index contributed by atoms with van der Waals surface area (Å²) >= 11 is 5.64. The molecule has 200 valence electrons. The Kier molecular flexibility index (Phi) is 6.11. The van der Waals surface area contributed by atoms with E-state index >= 15 is 0 Å². The number of likely N-dealkylation sites (N-methyl/N-ethyl adjacent to an activating group) is 1. The number of esters is 2. The molecule has 4 aliphatic rings. The Morgan fingerprint density at radius 3 is 2.25 bits per heavy atom. The second-order valence-corrected chi connectivity index (χ2v) is 12.5. The molecule has 0 unspecified atom stereocenters.